The third kappa shape index (κ3) is 3.31. The first-order chi connectivity index (χ1) is 13.1. The van der Waals surface area contributed by atoms with Gasteiger partial charge in [0.05, 0.1) is 24.0 Å². The molecule has 3 aliphatic carbocycles. The largest absolute Gasteiger partial charge is 0.476 e. The summed E-state index contributed by atoms with van der Waals surface area (Å²) in [5.74, 6) is 1.42. The van der Waals surface area contributed by atoms with E-state index in [1.165, 1.54) is 12.8 Å². The van der Waals surface area contributed by atoms with Gasteiger partial charge in [-0.2, -0.15) is 5.10 Å². The SMILES string of the molecule is Cc1cc(C2(NC(=O)c3cnc(C4CC4)c(OCC4CC4)n3)CCC2)n[nH]1. The molecule has 0 atom stereocenters. The van der Waals surface area contributed by atoms with Gasteiger partial charge in [-0.1, -0.05) is 0 Å². The van der Waals surface area contributed by atoms with E-state index in [9.17, 15) is 4.79 Å². The Balaban J connectivity index is 1.36. The van der Waals surface area contributed by atoms with Crippen LogP contribution in [0.25, 0.3) is 0 Å². The molecule has 27 heavy (non-hydrogen) atoms. The smallest absolute Gasteiger partial charge is 0.272 e. The number of H-pyrrole nitrogens is 1. The van der Waals surface area contributed by atoms with Crippen molar-refractivity contribution in [2.24, 2.45) is 5.92 Å². The topological polar surface area (TPSA) is 92.8 Å². The third-order valence-electron chi connectivity index (χ3n) is 5.87. The summed E-state index contributed by atoms with van der Waals surface area (Å²) in [5, 5.41) is 10.5. The van der Waals surface area contributed by atoms with E-state index >= 15 is 0 Å². The van der Waals surface area contributed by atoms with Crippen molar-refractivity contribution in [2.45, 2.75) is 63.3 Å². The molecule has 5 rings (SSSR count). The molecule has 3 fully saturated rings. The number of nitrogens with one attached hydrogen (secondary N) is 2. The van der Waals surface area contributed by atoms with E-state index in [0.717, 1.165) is 49.2 Å². The van der Waals surface area contributed by atoms with Gasteiger partial charge in [0.2, 0.25) is 5.88 Å². The predicted molar refractivity (Wildman–Crippen MR) is 98.5 cm³/mol. The van der Waals surface area contributed by atoms with Crippen molar-refractivity contribution in [3.8, 4) is 5.88 Å². The van der Waals surface area contributed by atoms with E-state index < -0.39 is 5.54 Å². The zero-order valence-corrected chi connectivity index (χ0v) is 15.6. The van der Waals surface area contributed by atoms with E-state index in [2.05, 4.69) is 25.5 Å². The molecular formula is C20H25N5O2. The Labute approximate surface area is 158 Å². The molecule has 2 heterocycles. The van der Waals surface area contributed by atoms with Crippen molar-refractivity contribution < 1.29 is 9.53 Å². The van der Waals surface area contributed by atoms with Crippen LogP contribution in [0.2, 0.25) is 0 Å². The number of hydrogen-bond donors (Lipinski definition) is 2. The maximum absolute atomic E-state index is 12.9. The Hall–Kier alpha value is -2.44. The molecule has 0 bridgehead atoms. The molecule has 7 nitrogen and oxygen atoms in total. The first-order valence-electron chi connectivity index (χ1n) is 9.98. The van der Waals surface area contributed by atoms with Crippen LogP contribution in [0.3, 0.4) is 0 Å². The number of nitrogens with zero attached hydrogens (tertiary/aromatic N) is 3. The molecule has 2 aromatic heterocycles. The van der Waals surface area contributed by atoms with Gasteiger partial charge in [0.25, 0.3) is 5.91 Å². The van der Waals surface area contributed by atoms with Crippen molar-refractivity contribution in [1.82, 2.24) is 25.5 Å². The number of aromatic amines is 1. The summed E-state index contributed by atoms with van der Waals surface area (Å²) in [4.78, 5) is 22.0. The molecule has 0 spiro atoms. The van der Waals surface area contributed by atoms with Crippen LogP contribution in [0, 0.1) is 12.8 Å². The predicted octanol–water partition coefficient (Wildman–Crippen LogP) is 2.98. The summed E-state index contributed by atoms with van der Waals surface area (Å²) >= 11 is 0. The third-order valence-corrected chi connectivity index (χ3v) is 5.87. The van der Waals surface area contributed by atoms with Gasteiger partial charge < -0.3 is 10.1 Å². The molecule has 3 saturated carbocycles. The second kappa shape index (κ2) is 6.32. The van der Waals surface area contributed by atoms with Gasteiger partial charge in [0.1, 0.15) is 5.69 Å². The standard InChI is InChI=1S/C20H25N5O2/c1-12-9-16(25-24-12)20(7-2-8-20)23-18(26)15-10-21-17(14-5-6-14)19(22-15)27-11-13-3-4-13/h9-10,13-14H,2-8,11H2,1H3,(H,23,26)(H,24,25). The second-order valence-corrected chi connectivity index (χ2v) is 8.30. The molecule has 142 valence electrons. The van der Waals surface area contributed by atoms with Crippen molar-refractivity contribution in [2.75, 3.05) is 6.61 Å². The van der Waals surface area contributed by atoms with Gasteiger partial charge in [0.15, 0.2) is 5.69 Å². The Morgan fingerprint density at radius 2 is 2.15 bits per heavy atom. The minimum atomic E-state index is -0.395. The Morgan fingerprint density at radius 1 is 1.33 bits per heavy atom. The van der Waals surface area contributed by atoms with Crippen LogP contribution in [-0.2, 0) is 5.54 Å². The molecule has 7 heteroatoms. The number of rotatable bonds is 7. The fourth-order valence-electron chi connectivity index (χ4n) is 3.64. The zero-order valence-electron chi connectivity index (χ0n) is 15.6. The minimum absolute atomic E-state index is 0.207. The fourth-order valence-corrected chi connectivity index (χ4v) is 3.64. The highest BCUT2D eigenvalue weighted by Gasteiger charge is 2.42. The lowest BCUT2D eigenvalue weighted by Crippen LogP contribution is -2.51. The Morgan fingerprint density at radius 3 is 2.74 bits per heavy atom. The summed E-state index contributed by atoms with van der Waals surface area (Å²) in [6, 6.07) is 2.01. The van der Waals surface area contributed by atoms with Crippen molar-refractivity contribution >= 4 is 5.91 Å². The Kier molecular flexibility index (Phi) is 3.91. The zero-order chi connectivity index (χ0) is 18.4. The molecule has 2 aromatic rings. The second-order valence-electron chi connectivity index (χ2n) is 8.30. The highest BCUT2D eigenvalue weighted by molar-refractivity contribution is 5.92. The number of ether oxygens (including phenoxy) is 1. The van der Waals surface area contributed by atoms with Crippen LogP contribution in [0.1, 0.15) is 78.4 Å². The van der Waals surface area contributed by atoms with Crippen LogP contribution in [0.5, 0.6) is 5.88 Å². The number of carbonyl (C=O) groups excluding carboxylic acids is 1. The van der Waals surface area contributed by atoms with Gasteiger partial charge in [-0.15, -0.1) is 0 Å². The van der Waals surface area contributed by atoms with Crippen LogP contribution in [0.4, 0.5) is 0 Å². The fraction of sp³-hybridized carbons (Fsp3) is 0.600. The molecule has 3 aliphatic rings. The minimum Gasteiger partial charge on any atom is -0.476 e. The van der Waals surface area contributed by atoms with Gasteiger partial charge >= 0.3 is 0 Å². The maximum atomic E-state index is 12.9. The van der Waals surface area contributed by atoms with Crippen LogP contribution < -0.4 is 10.1 Å². The van der Waals surface area contributed by atoms with E-state index in [1.807, 2.05) is 13.0 Å². The van der Waals surface area contributed by atoms with E-state index in [1.54, 1.807) is 6.20 Å². The van der Waals surface area contributed by atoms with Crippen molar-refractivity contribution in [1.29, 1.82) is 0 Å². The summed E-state index contributed by atoms with van der Waals surface area (Å²) in [6.45, 7) is 2.65. The lowest BCUT2D eigenvalue weighted by molar-refractivity contribution is 0.0809. The summed E-state index contributed by atoms with van der Waals surface area (Å²) < 4.78 is 5.94. The molecular weight excluding hydrogens is 342 g/mol. The van der Waals surface area contributed by atoms with Gasteiger partial charge in [-0.05, 0) is 63.9 Å². The van der Waals surface area contributed by atoms with Crippen LogP contribution in [-0.4, -0.2) is 32.7 Å². The van der Waals surface area contributed by atoms with E-state index in [0.29, 0.717) is 30.0 Å². The summed E-state index contributed by atoms with van der Waals surface area (Å²) in [6.07, 6.45) is 9.14. The first-order valence-corrected chi connectivity index (χ1v) is 9.98. The lowest BCUT2D eigenvalue weighted by Gasteiger charge is -2.41. The van der Waals surface area contributed by atoms with Crippen molar-refractivity contribution in [3.05, 3.63) is 35.0 Å². The monoisotopic (exact) mass is 367 g/mol. The van der Waals surface area contributed by atoms with E-state index in [-0.39, 0.29) is 5.91 Å². The average molecular weight is 367 g/mol. The van der Waals surface area contributed by atoms with Crippen LogP contribution in [0.15, 0.2) is 12.3 Å². The molecule has 0 saturated heterocycles. The summed E-state index contributed by atoms with van der Waals surface area (Å²) in [7, 11) is 0. The highest BCUT2D eigenvalue weighted by Crippen LogP contribution is 2.43. The average Bonchev–Trinajstić information content (AvgIpc) is 3.55. The normalized spacial score (nSPS) is 20.8. The lowest BCUT2D eigenvalue weighted by atomic mass is 9.74. The highest BCUT2D eigenvalue weighted by atomic mass is 16.5. The van der Waals surface area contributed by atoms with E-state index in [4.69, 9.17) is 4.74 Å². The van der Waals surface area contributed by atoms with Crippen LogP contribution >= 0.6 is 0 Å². The Bertz CT molecular complexity index is 865. The number of hydrogen-bond acceptors (Lipinski definition) is 5. The molecule has 0 unspecified atom stereocenters. The summed E-state index contributed by atoms with van der Waals surface area (Å²) in [5.41, 5.74) is 2.73. The molecule has 0 aliphatic heterocycles. The molecule has 2 N–H and O–H groups in total. The van der Waals surface area contributed by atoms with Gasteiger partial charge in [-0.3, -0.25) is 14.9 Å². The molecule has 1 amide bonds. The number of aromatic nitrogens is 4. The number of aryl methyl sites for hydroxylation is 1. The number of carbonyl (C=O) groups is 1. The van der Waals surface area contributed by atoms with Gasteiger partial charge in [0, 0.05) is 11.6 Å². The molecule has 0 aromatic carbocycles. The number of amides is 1. The molecule has 0 radical (unpaired) electrons. The van der Waals surface area contributed by atoms with Crippen molar-refractivity contribution in [3.63, 3.8) is 0 Å². The quantitative estimate of drug-likeness (QED) is 0.785. The van der Waals surface area contributed by atoms with Gasteiger partial charge in [-0.25, -0.2) is 4.98 Å². The maximum Gasteiger partial charge on any atom is 0.272 e. The first kappa shape index (κ1) is 16.7.